The Morgan fingerprint density at radius 1 is 1.60 bits per heavy atom. The molecule has 0 saturated carbocycles. The SMILES string of the molecule is [2H]C1([2H])Cc2nncn2CC([2H])([2H])C1. The van der Waals surface area contributed by atoms with Crippen molar-refractivity contribution in [2.24, 2.45) is 0 Å². The molecule has 3 heteroatoms. The summed E-state index contributed by atoms with van der Waals surface area (Å²) in [5, 5.41) is 7.44. The number of aryl methyl sites for hydroxylation is 2. The number of rotatable bonds is 0. The van der Waals surface area contributed by atoms with Crippen molar-refractivity contribution in [2.45, 2.75) is 32.1 Å². The van der Waals surface area contributed by atoms with Gasteiger partial charge in [0.1, 0.15) is 12.2 Å². The van der Waals surface area contributed by atoms with Gasteiger partial charge in [-0.15, -0.1) is 10.2 Å². The molecule has 0 aliphatic carbocycles. The van der Waals surface area contributed by atoms with Gasteiger partial charge in [0.05, 0.1) is 0 Å². The van der Waals surface area contributed by atoms with Crippen LogP contribution in [0, 0.1) is 0 Å². The van der Waals surface area contributed by atoms with Crippen LogP contribution >= 0.6 is 0 Å². The second-order valence-corrected chi connectivity index (χ2v) is 2.23. The van der Waals surface area contributed by atoms with Gasteiger partial charge in [-0.1, -0.05) is 6.42 Å². The third-order valence-corrected chi connectivity index (χ3v) is 1.51. The second-order valence-electron chi connectivity index (χ2n) is 2.23. The third kappa shape index (κ3) is 0.916. The summed E-state index contributed by atoms with van der Waals surface area (Å²) in [6.07, 6.45) is -1.58. The number of fused-ring (bicyclic) bond motifs is 1. The monoisotopic (exact) mass is 141 g/mol. The van der Waals surface area contributed by atoms with E-state index in [4.69, 9.17) is 5.48 Å². The van der Waals surface area contributed by atoms with Gasteiger partial charge >= 0.3 is 0 Å². The fourth-order valence-corrected chi connectivity index (χ4v) is 0.987. The lowest BCUT2D eigenvalue weighted by atomic mass is 10.2. The van der Waals surface area contributed by atoms with Gasteiger partial charge in [0.15, 0.2) is 0 Å². The van der Waals surface area contributed by atoms with E-state index in [1.54, 1.807) is 4.57 Å². The molecule has 0 spiro atoms. The average molecular weight is 141 g/mol. The molecule has 1 aromatic rings. The standard InChI is InChI=1S/C7H11N3/c1-2-4-7-9-8-6-10(7)5-3-1/h6H,1-5H2/i2D2,3D2. The van der Waals surface area contributed by atoms with E-state index in [1.807, 2.05) is 0 Å². The average Bonchev–Trinajstić information content (AvgIpc) is 2.28. The first-order chi connectivity index (χ1) is 6.38. The Hall–Kier alpha value is -0.860. The lowest BCUT2D eigenvalue weighted by Gasteiger charge is -1.97. The van der Waals surface area contributed by atoms with Crippen LogP contribution in [0.4, 0.5) is 0 Å². The van der Waals surface area contributed by atoms with Crippen LogP contribution in [0.25, 0.3) is 0 Å². The summed E-state index contributed by atoms with van der Waals surface area (Å²) in [7, 11) is 0. The number of nitrogens with zero attached hydrogens (tertiary/aromatic N) is 3. The van der Waals surface area contributed by atoms with Crippen molar-refractivity contribution >= 4 is 0 Å². The van der Waals surface area contributed by atoms with Crippen molar-refractivity contribution in [1.82, 2.24) is 14.8 Å². The van der Waals surface area contributed by atoms with Crippen molar-refractivity contribution in [2.75, 3.05) is 0 Å². The van der Waals surface area contributed by atoms with Crippen LogP contribution in [0.1, 0.15) is 30.5 Å². The van der Waals surface area contributed by atoms with E-state index in [9.17, 15) is 0 Å². The summed E-state index contributed by atoms with van der Waals surface area (Å²) in [6, 6.07) is 0. The van der Waals surface area contributed by atoms with Gasteiger partial charge < -0.3 is 4.57 Å². The quantitative estimate of drug-likeness (QED) is 0.539. The minimum Gasteiger partial charge on any atom is -0.318 e. The first-order valence-electron chi connectivity index (χ1n) is 5.25. The van der Waals surface area contributed by atoms with Crippen LogP contribution in [0.15, 0.2) is 6.33 Å². The van der Waals surface area contributed by atoms with Gasteiger partial charge in [-0.2, -0.15) is 0 Å². The highest BCUT2D eigenvalue weighted by molar-refractivity contribution is 4.87. The normalized spacial score (nSPS) is 34.0. The molecule has 0 N–H and O–H groups in total. The van der Waals surface area contributed by atoms with Crippen LogP contribution < -0.4 is 0 Å². The van der Waals surface area contributed by atoms with Crippen molar-refractivity contribution < 1.29 is 5.48 Å². The second kappa shape index (κ2) is 2.40. The molecule has 0 amide bonds. The molecule has 0 atom stereocenters. The molecular weight excluding hydrogens is 126 g/mol. The summed E-state index contributed by atoms with van der Waals surface area (Å²) in [5.41, 5.74) is 0. The fraction of sp³-hybridized carbons (Fsp3) is 0.714. The zero-order valence-electron chi connectivity index (χ0n) is 9.54. The Morgan fingerprint density at radius 2 is 2.60 bits per heavy atom. The lowest BCUT2D eigenvalue weighted by Crippen LogP contribution is -1.98. The van der Waals surface area contributed by atoms with E-state index >= 15 is 0 Å². The first kappa shape index (κ1) is 3.03. The highest BCUT2D eigenvalue weighted by atomic mass is 15.3. The predicted octanol–water partition coefficient (Wildman–Crippen LogP) is 1.00. The van der Waals surface area contributed by atoms with Crippen molar-refractivity contribution in [3.63, 3.8) is 0 Å². The summed E-state index contributed by atoms with van der Waals surface area (Å²) in [5.74, 6) is 0.524. The summed E-state index contributed by atoms with van der Waals surface area (Å²) >= 11 is 0. The molecule has 0 aromatic carbocycles. The molecule has 1 aliphatic rings. The Kier molecular flexibility index (Phi) is 0.728. The van der Waals surface area contributed by atoms with E-state index < -0.39 is 12.7 Å². The maximum atomic E-state index is 7.64. The fourth-order valence-electron chi connectivity index (χ4n) is 0.987. The maximum Gasteiger partial charge on any atom is 0.132 e. The molecule has 2 rings (SSSR count). The van der Waals surface area contributed by atoms with Gasteiger partial charge in [-0.3, -0.25) is 0 Å². The Morgan fingerprint density at radius 3 is 3.60 bits per heavy atom. The van der Waals surface area contributed by atoms with Crippen LogP contribution in [0.5, 0.6) is 0 Å². The molecule has 0 unspecified atom stereocenters. The van der Waals surface area contributed by atoms with Gasteiger partial charge in [0, 0.05) is 18.4 Å². The predicted molar refractivity (Wildman–Crippen MR) is 37.6 cm³/mol. The molecule has 0 fully saturated rings. The van der Waals surface area contributed by atoms with Crippen molar-refractivity contribution in [1.29, 1.82) is 0 Å². The molecule has 10 heavy (non-hydrogen) atoms. The van der Waals surface area contributed by atoms with E-state index in [1.165, 1.54) is 6.33 Å². The van der Waals surface area contributed by atoms with Crippen LogP contribution in [-0.4, -0.2) is 14.8 Å². The van der Waals surface area contributed by atoms with Gasteiger partial charge in [-0.05, 0) is 12.7 Å². The van der Waals surface area contributed by atoms with E-state index in [0.717, 1.165) is 0 Å². The molecule has 1 aliphatic heterocycles. The number of hydrogen-bond donors (Lipinski definition) is 0. The minimum absolute atomic E-state index is 0.0939. The van der Waals surface area contributed by atoms with Gasteiger partial charge in [-0.25, -0.2) is 0 Å². The van der Waals surface area contributed by atoms with E-state index in [2.05, 4.69) is 10.2 Å². The van der Waals surface area contributed by atoms with E-state index in [-0.39, 0.29) is 19.4 Å². The topological polar surface area (TPSA) is 30.7 Å². The molecule has 3 nitrogen and oxygen atoms in total. The van der Waals surface area contributed by atoms with Crippen LogP contribution in [0.3, 0.4) is 0 Å². The third-order valence-electron chi connectivity index (χ3n) is 1.51. The summed E-state index contributed by atoms with van der Waals surface area (Å²) in [6.45, 7) is 0.134. The van der Waals surface area contributed by atoms with Crippen molar-refractivity contribution in [3.8, 4) is 0 Å². The first-order valence-corrected chi connectivity index (χ1v) is 3.25. The van der Waals surface area contributed by atoms with Gasteiger partial charge in [0.2, 0.25) is 0 Å². The van der Waals surface area contributed by atoms with Gasteiger partial charge in [0.25, 0.3) is 0 Å². The molecule has 0 radical (unpaired) electrons. The zero-order chi connectivity index (χ0) is 10.4. The lowest BCUT2D eigenvalue weighted by molar-refractivity contribution is 0.632. The van der Waals surface area contributed by atoms with Crippen molar-refractivity contribution in [3.05, 3.63) is 12.2 Å². The van der Waals surface area contributed by atoms with E-state index in [0.29, 0.717) is 5.82 Å². The Bertz CT molecular complexity index is 316. The highest BCUT2D eigenvalue weighted by Crippen LogP contribution is 2.10. The molecule has 2 heterocycles. The minimum atomic E-state index is -1.54. The van der Waals surface area contributed by atoms with Crippen LogP contribution in [-0.2, 0) is 13.0 Å². The molecule has 1 aromatic heterocycles. The molecule has 54 valence electrons. The maximum absolute atomic E-state index is 7.64. The zero-order valence-corrected chi connectivity index (χ0v) is 5.54. The molecular formula is C7H11N3. The Balaban J connectivity index is 2.39. The molecule has 0 saturated heterocycles. The highest BCUT2D eigenvalue weighted by Gasteiger charge is 2.06. The largest absolute Gasteiger partial charge is 0.318 e. The molecule has 0 bridgehead atoms. The Labute approximate surface area is 65.7 Å². The smallest absolute Gasteiger partial charge is 0.132 e. The summed E-state index contributed by atoms with van der Waals surface area (Å²) < 4.78 is 32.1. The van der Waals surface area contributed by atoms with Crippen LogP contribution in [0.2, 0.25) is 0 Å². The number of aromatic nitrogens is 3. The number of hydrogen-bond acceptors (Lipinski definition) is 2. The summed E-state index contributed by atoms with van der Waals surface area (Å²) in [4.78, 5) is 0.